The van der Waals surface area contributed by atoms with Crippen molar-refractivity contribution in [2.75, 3.05) is 0 Å². The highest BCUT2D eigenvalue weighted by molar-refractivity contribution is 5.74. The number of hydrogen-bond acceptors (Lipinski definition) is 3. The van der Waals surface area contributed by atoms with Crippen molar-refractivity contribution in [1.82, 2.24) is 0 Å². The average Bonchev–Trinajstić information content (AvgIpc) is 2.50. The third-order valence-corrected chi connectivity index (χ3v) is 1.82. The maximum absolute atomic E-state index is 10.6. The smallest absolute Gasteiger partial charge is 0.219 e. The van der Waals surface area contributed by atoms with Gasteiger partial charge >= 0.3 is 0 Å². The molecular formula is C9H14N2O2. The molecule has 0 spiro atoms. The van der Waals surface area contributed by atoms with Crippen LogP contribution < -0.4 is 11.5 Å². The zero-order valence-corrected chi connectivity index (χ0v) is 7.62. The normalized spacial score (nSPS) is 12.8. The fourth-order valence-corrected chi connectivity index (χ4v) is 1.10. The average molecular weight is 182 g/mol. The second-order valence-corrected chi connectivity index (χ2v) is 2.93. The van der Waals surface area contributed by atoms with E-state index in [9.17, 15) is 4.79 Å². The van der Waals surface area contributed by atoms with Crippen LogP contribution in [-0.4, -0.2) is 5.91 Å². The molecule has 1 heterocycles. The first kappa shape index (κ1) is 9.80. The fraction of sp³-hybridized carbons (Fsp3) is 0.444. The summed E-state index contributed by atoms with van der Waals surface area (Å²) in [5.74, 6) is 1.08. The van der Waals surface area contributed by atoms with Crippen molar-refractivity contribution in [3.8, 4) is 0 Å². The van der Waals surface area contributed by atoms with Crippen molar-refractivity contribution in [3.63, 3.8) is 0 Å². The monoisotopic (exact) mass is 182 g/mol. The van der Waals surface area contributed by atoms with Crippen LogP contribution >= 0.6 is 0 Å². The minimum absolute atomic E-state index is 0.122. The zero-order valence-electron chi connectivity index (χ0n) is 7.62. The van der Waals surface area contributed by atoms with Crippen LogP contribution in [0.25, 0.3) is 0 Å². The van der Waals surface area contributed by atoms with Crippen molar-refractivity contribution in [3.05, 3.63) is 23.7 Å². The first-order valence-electron chi connectivity index (χ1n) is 4.26. The minimum atomic E-state index is -0.419. The molecule has 0 saturated carbocycles. The second kappa shape index (κ2) is 4.09. The number of furan rings is 1. The molecule has 0 aliphatic carbocycles. The van der Waals surface area contributed by atoms with E-state index in [1.165, 1.54) is 0 Å². The first-order chi connectivity index (χ1) is 6.13. The van der Waals surface area contributed by atoms with Gasteiger partial charge in [0.1, 0.15) is 11.5 Å². The molecule has 1 aromatic rings. The van der Waals surface area contributed by atoms with Crippen LogP contribution in [0.1, 0.15) is 30.9 Å². The van der Waals surface area contributed by atoms with Crippen molar-refractivity contribution >= 4 is 5.91 Å². The van der Waals surface area contributed by atoms with E-state index in [0.29, 0.717) is 5.76 Å². The first-order valence-corrected chi connectivity index (χ1v) is 4.26. The summed E-state index contributed by atoms with van der Waals surface area (Å²) in [5.41, 5.74) is 10.7. The van der Waals surface area contributed by atoms with Gasteiger partial charge in [0.25, 0.3) is 0 Å². The van der Waals surface area contributed by atoms with Gasteiger partial charge in [0, 0.05) is 12.8 Å². The van der Waals surface area contributed by atoms with Gasteiger partial charge in [-0.25, -0.2) is 0 Å². The van der Waals surface area contributed by atoms with E-state index in [1.807, 2.05) is 13.0 Å². The van der Waals surface area contributed by atoms with E-state index in [0.717, 1.165) is 12.2 Å². The number of nitrogens with two attached hydrogens (primary N) is 2. The van der Waals surface area contributed by atoms with E-state index in [2.05, 4.69) is 0 Å². The maximum atomic E-state index is 10.6. The van der Waals surface area contributed by atoms with Gasteiger partial charge in [0.05, 0.1) is 6.04 Å². The molecule has 4 heteroatoms. The van der Waals surface area contributed by atoms with Crippen LogP contribution in [-0.2, 0) is 11.2 Å². The largest absolute Gasteiger partial charge is 0.464 e. The molecule has 13 heavy (non-hydrogen) atoms. The standard InChI is InChI=1S/C9H14N2O2/c1-2-6-3-4-8(13-6)7(10)5-9(11)12/h3-4,7H,2,5,10H2,1H3,(H2,11,12)/t7-/m1/s1. The van der Waals surface area contributed by atoms with Gasteiger partial charge < -0.3 is 15.9 Å². The molecule has 4 N–H and O–H groups in total. The van der Waals surface area contributed by atoms with Crippen molar-refractivity contribution in [2.24, 2.45) is 11.5 Å². The Balaban J connectivity index is 2.65. The lowest BCUT2D eigenvalue weighted by atomic mass is 10.1. The molecule has 1 amide bonds. The molecule has 0 aliphatic heterocycles. The zero-order chi connectivity index (χ0) is 9.84. The Morgan fingerprint density at radius 2 is 2.31 bits per heavy atom. The number of rotatable bonds is 4. The minimum Gasteiger partial charge on any atom is -0.464 e. The SMILES string of the molecule is CCc1ccc([C@H](N)CC(N)=O)o1. The summed E-state index contributed by atoms with van der Waals surface area (Å²) in [4.78, 5) is 10.6. The summed E-state index contributed by atoms with van der Waals surface area (Å²) >= 11 is 0. The highest BCUT2D eigenvalue weighted by Crippen LogP contribution is 2.17. The van der Waals surface area contributed by atoms with Crippen LogP contribution in [0, 0.1) is 0 Å². The molecule has 0 aliphatic rings. The number of primary amides is 1. The van der Waals surface area contributed by atoms with Gasteiger partial charge in [-0.15, -0.1) is 0 Å². The van der Waals surface area contributed by atoms with E-state index in [4.69, 9.17) is 15.9 Å². The lowest BCUT2D eigenvalue weighted by Crippen LogP contribution is -2.20. The fourth-order valence-electron chi connectivity index (χ4n) is 1.10. The molecule has 0 aromatic carbocycles. The Morgan fingerprint density at radius 3 is 2.77 bits per heavy atom. The predicted molar refractivity (Wildman–Crippen MR) is 48.8 cm³/mol. The number of amides is 1. The molecule has 1 aromatic heterocycles. The summed E-state index contributed by atoms with van der Waals surface area (Å²) in [6.07, 6.45) is 0.944. The number of hydrogen-bond donors (Lipinski definition) is 2. The number of carbonyl (C=O) groups excluding carboxylic acids is 1. The Hall–Kier alpha value is -1.29. The van der Waals surface area contributed by atoms with Gasteiger partial charge in [0.2, 0.25) is 5.91 Å². The van der Waals surface area contributed by atoms with Gasteiger partial charge in [-0.3, -0.25) is 4.79 Å². The van der Waals surface area contributed by atoms with Crippen LogP contribution in [0.15, 0.2) is 16.5 Å². The number of carbonyl (C=O) groups is 1. The molecule has 4 nitrogen and oxygen atoms in total. The Bertz CT molecular complexity index is 294. The second-order valence-electron chi connectivity index (χ2n) is 2.93. The molecule has 0 saturated heterocycles. The maximum Gasteiger partial charge on any atom is 0.219 e. The summed E-state index contributed by atoms with van der Waals surface area (Å²) in [7, 11) is 0. The quantitative estimate of drug-likeness (QED) is 0.719. The Labute approximate surface area is 76.9 Å². The molecule has 0 fully saturated rings. The lowest BCUT2D eigenvalue weighted by molar-refractivity contribution is -0.118. The van der Waals surface area contributed by atoms with Crippen LogP contribution in [0.3, 0.4) is 0 Å². The van der Waals surface area contributed by atoms with E-state index in [-0.39, 0.29) is 6.42 Å². The number of aryl methyl sites for hydroxylation is 1. The van der Waals surface area contributed by atoms with E-state index < -0.39 is 11.9 Å². The van der Waals surface area contributed by atoms with Crippen molar-refractivity contribution in [2.45, 2.75) is 25.8 Å². The van der Waals surface area contributed by atoms with Gasteiger partial charge in [-0.05, 0) is 12.1 Å². The molecule has 1 rings (SSSR count). The van der Waals surface area contributed by atoms with Gasteiger partial charge in [-0.1, -0.05) is 6.92 Å². The van der Waals surface area contributed by atoms with E-state index in [1.54, 1.807) is 6.07 Å². The van der Waals surface area contributed by atoms with Crippen LogP contribution in [0.4, 0.5) is 0 Å². The van der Waals surface area contributed by atoms with Crippen LogP contribution in [0.2, 0.25) is 0 Å². The van der Waals surface area contributed by atoms with Gasteiger partial charge in [0.15, 0.2) is 0 Å². The lowest BCUT2D eigenvalue weighted by Gasteiger charge is -2.04. The van der Waals surface area contributed by atoms with Crippen LogP contribution in [0.5, 0.6) is 0 Å². The molecule has 1 atom stereocenters. The summed E-state index contributed by atoms with van der Waals surface area (Å²) < 4.78 is 5.36. The van der Waals surface area contributed by atoms with Crippen molar-refractivity contribution in [1.29, 1.82) is 0 Å². The molecule has 72 valence electrons. The predicted octanol–water partition coefficient (Wildman–Crippen LogP) is 0.717. The Kier molecular flexibility index (Phi) is 3.08. The van der Waals surface area contributed by atoms with E-state index >= 15 is 0 Å². The summed E-state index contributed by atoms with van der Waals surface area (Å²) in [6.45, 7) is 1.99. The molecule has 0 bridgehead atoms. The highest BCUT2D eigenvalue weighted by Gasteiger charge is 2.12. The molecular weight excluding hydrogens is 168 g/mol. The van der Waals surface area contributed by atoms with Crippen molar-refractivity contribution < 1.29 is 9.21 Å². The highest BCUT2D eigenvalue weighted by atomic mass is 16.3. The summed E-state index contributed by atoms with van der Waals surface area (Å²) in [6, 6.07) is 3.22. The third-order valence-electron chi connectivity index (χ3n) is 1.82. The van der Waals surface area contributed by atoms with Gasteiger partial charge in [-0.2, -0.15) is 0 Å². The topological polar surface area (TPSA) is 82.2 Å². The molecule has 0 unspecified atom stereocenters. The third kappa shape index (κ3) is 2.59. The summed E-state index contributed by atoms with van der Waals surface area (Å²) in [5, 5.41) is 0. The molecule has 0 radical (unpaired) electrons. The Morgan fingerprint density at radius 1 is 1.62 bits per heavy atom.